The van der Waals surface area contributed by atoms with Gasteiger partial charge in [0.2, 0.25) is 10.0 Å². The first-order valence-corrected chi connectivity index (χ1v) is 9.19. The third-order valence-electron chi connectivity index (χ3n) is 4.36. The van der Waals surface area contributed by atoms with Gasteiger partial charge in [0.05, 0.1) is 18.3 Å². The molecule has 1 aliphatic rings. The number of aliphatic hydroxyl groups excluding tert-OH is 1. The first kappa shape index (κ1) is 17.1. The summed E-state index contributed by atoms with van der Waals surface area (Å²) in [5.74, 6) is -0.835. The molecule has 1 aliphatic carbocycles. The quantitative estimate of drug-likeness (QED) is 0.856. The summed E-state index contributed by atoms with van der Waals surface area (Å²) >= 11 is 0. The molecule has 1 aromatic heterocycles. The molecule has 2 aromatic rings. The highest BCUT2D eigenvalue weighted by Crippen LogP contribution is 2.38. The van der Waals surface area contributed by atoms with E-state index in [0.29, 0.717) is 24.0 Å². The topological polar surface area (TPSA) is 84.2 Å². The third-order valence-corrected chi connectivity index (χ3v) is 5.82. The van der Waals surface area contributed by atoms with Gasteiger partial charge in [-0.25, -0.2) is 17.5 Å². The summed E-state index contributed by atoms with van der Waals surface area (Å²) in [6.07, 6.45) is 3.89. The molecule has 0 aliphatic heterocycles. The van der Waals surface area contributed by atoms with Gasteiger partial charge in [0.25, 0.3) is 0 Å². The Hall–Kier alpha value is -1.77. The molecule has 1 saturated carbocycles. The largest absolute Gasteiger partial charge is 0.393 e. The van der Waals surface area contributed by atoms with Gasteiger partial charge in [0, 0.05) is 18.8 Å². The van der Waals surface area contributed by atoms with Crippen molar-refractivity contribution < 1.29 is 17.9 Å². The normalized spacial score (nSPS) is 22.2. The molecule has 2 N–H and O–H groups in total. The van der Waals surface area contributed by atoms with Crippen molar-refractivity contribution in [3.8, 4) is 0 Å². The predicted molar refractivity (Wildman–Crippen MR) is 86.1 cm³/mol. The number of halogens is 1. The van der Waals surface area contributed by atoms with E-state index in [2.05, 4.69) is 9.82 Å². The number of benzene rings is 1. The molecular weight excluding hydrogens is 333 g/mol. The van der Waals surface area contributed by atoms with Crippen molar-refractivity contribution in [2.45, 2.75) is 36.8 Å². The number of aryl methyl sites for hydroxylation is 2. The number of aliphatic hydroxyl groups is 1. The Morgan fingerprint density at radius 3 is 2.71 bits per heavy atom. The number of rotatable bonds is 5. The molecule has 130 valence electrons. The average Bonchev–Trinajstić information content (AvgIpc) is 2.91. The summed E-state index contributed by atoms with van der Waals surface area (Å²) < 4.78 is 43.5. The first-order valence-electron chi connectivity index (χ1n) is 7.71. The molecule has 6 nitrogen and oxygen atoms in total. The smallest absolute Gasteiger partial charge is 0.244 e. The second-order valence-electron chi connectivity index (χ2n) is 6.37. The van der Waals surface area contributed by atoms with E-state index in [1.165, 1.54) is 12.1 Å². The molecule has 0 bridgehead atoms. The van der Waals surface area contributed by atoms with E-state index < -0.39 is 28.0 Å². The summed E-state index contributed by atoms with van der Waals surface area (Å²) in [4.78, 5) is -0.365. The van der Waals surface area contributed by atoms with Crippen molar-refractivity contribution in [3.63, 3.8) is 0 Å². The number of aromatic nitrogens is 2. The molecule has 24 heavy (non-hydrogen) atoms. The van der Waals surface area contributed by atoms with E-state index in [1.54, 1.807) is 31.0 Å². The van der Waals surface area contributed by atoms with Crippen LogP contribution in [0.2, 0.25) is 0 Å². The Labute approximate surface area is 140 Å². The lowest BCUT2D eigenvalue weighted by Crippen LogP contribution is -2.41. The van der Waals surface area contributed by atoms with Gasteiger partial charge in [-0.3, -0.25) is 4.68 Å². The van der Waals surface area contributed by atoms with Crippen molar-refractivity contribution in [1.29, 1.82) is 0 Å². The van der Waals surface area contributed by atoms with Gasteiger partial charge >= 0.3 is 0 Å². The van der Waals surface area contributed by atoms with E-state index in [1.807, 2.05) is 0 Å². The molecule has 0 radical (unpaired) electrons. The fraction of sp³-hybridized carbons (Fsp3) is 0.438. The summed E-state index contributed by atoms with van der Waals surface area (Å²) in [6.45, 7) is 1.71. The van der Waals surface area contributed by atoms with Crippen molar-refractivity contribution >= 4 is 10.0 Å². The van der Waals surface area contributed by atoms with Crippen LogP contribution in [0.3, 0.4) is 0 Å². The molecule has 1 heterocycles. The highest BCUT2D eigenvalue weighted by Gasteiger charge is 2.38. The van der Waals surface area contributed by atoms with Crippen molar-refractivity contribution in [1.82, 2.24) is 14.5 Å². The van der Waals surface area contributed by atoms with Crippen LogP contribution in [0.15, 0.2) is 35.5 Å². The van der Waals surface area contributed by atoms with E-state index in [-0.39, 0.29) is 10.8 Å². The lowest BCUT2D eigenvalue weighted by Gasteiger charge is -2.37. The van der Waals surface area contributed by atoms with Crippen LogP contribution in [0.1, 0.15) is 30.0 Å². The van der Waals surface area contributed by atoms with Crippen LogP contribution in [0.5, 0.6) is 0 Å². The summed E-state index contributed by atoms with van der Waals surface area (Å²) in [5.41, 5.74) is 1.36. The lowest BCUT2D eigenvalue weighted by molar-refractivity contribution is 0.0280. The molecule has 8 heteroatoms. The van der Waals surface area contributed by atoms with Gasteiger partial charge in [-0.1, -0.05) is 6.07 Å². The van der Waals surface area contributed by atoms with Gasteiger partial charge in [0.15, 0.2) is 0 Å². The minimum Gasteiger partial charge on any atom is -0.393 e. The van der Waals surface area contributed by atoms with E-state index in [4.69, 9.17) is 0 Å². The van der Waals surface area contributed by atoms with Crippen LogP contribution < -0.4 is 4.72 Å². The Bertz CT molecular complexity index is 844. The fourth-order valence-corrected chi connectivity index (χ4v) is 4.44. The zero-order valence-electron chi connectivity index (χ0n) is 13.5. The SMILES string of the molecule is Cc1ccc(F)c(S(=O)(=O)NC(c2cnn(C)c2)C2CC(O)C2)c1. The minimum absolute atomic E-state index is 0.0492. The summed E-state index contributed by atoms with van der Waals surface area (Å²) in [6, 6.07) is 3.44. The maximum atomic E-state index is 14.0. The highest BCUT2D eigenvalue weighted by molar-refractivity contribution is 7.89. The molecule has 0 amide bonds. The van der Waals surface area contributed by atoms with Crippen LogP contribution in [0, 0.1) is 18.7 Å². The zero-order chi connectivity index (χ0) is 17.5. The molecule has 3 rings (SSSR count). The van der Waals surface area contributed by atoms with Gasteiger partial charge in [-0.2, -0.15) is 5.10 Å². The van der Waals surface area contributed by atoms with Gasteiger partial charge < -0.3 is 5.11 Å². The first-order chi connectivity index (χ1) is 11.3. The standard InChI is InChI=1S/C16H20FN3O3S/c1-10-3-4-14(17)15(5-10)24(22,23)19-16(11-6-13(21)7-11)12-8-18-20(2)9-12/h3-5,8-9,11,13,16,19,21H,6-7H2,1-2H3. The number of sulfonamides is 1. The number of nitrogens with one attached hydrogen (secondary N) is 1. The van der Waals surface area contributed by atoms with E-state index in [0.717, 1.165) is 6.07 Å². The van der Waals surface area contributed by atoms with Crippen molar-refractivity contribution in [3.05, 3.63) is 47.5 Å². The average molecular weight is 353 g/mol. The molecule has 1 atom stereocenters. The van der Waals surface area contributed by atoms with Crippen LogP contribution in [0.25, 0.3) is 0 Å². The van der Waals surface area contributed by atoms with Gasteiger partial charge in [0.1, 0.15) is 10.7 Å². The summed E-state index contributed by atoms with van der Waals surface area (Å²) in [5, 5.41) is 13.6. The van der Waals surface area contributed by atoms with E-state index >= 15 is 0 Å². The Balaban J connectivity index is 1.93. The van der Waals surface area contributed by atoms with Crippen LogP contribution in [-0.2, 0) is 17.1 Å². The van der Waals surface area contributed by atoms with Crippen molar-refractivity contribution in [2.75, 3.05) is 0 Å². The molecular formula is C16H20FN3O3S. The van der Waals surface area contributed by atoms with Gasteiger partial charge in [-0.15, -0.1) is 0 Å². The van der Waals surface area contributed by atoms with Gasteiger partial charge in [-0.05, 0) is 43.4 Å². The Morgan fingerprint density at radius 2 is 2.12 bits per heavy atom. The second kappa shape index (κ2) is 6.27. The van der Waals surface area contributed by atoms with Crippen LogP contribution >= 0.6 is 0 Å². The monoisotopic (exact) mass is 353 g/mol. The third kappa shape index (κ3) is 3.35. The number of hydrogen-bond acceptors (Lipinski definition) is 4. The minimum atomic E-state index is -4.03. The molecule has 0 saturated heterocycles. The number of nitrogens with zero attached hydrogens (tertiary/aromatic N) is 2. The molecule has 1 aromatic carbocycles. The predicted octanol–water partition coefficient (Wildman–Crippen LogP) is 1.66. The van der Waals surface area contributed by atoms with Crippen LogP contribution in [0.4, 0.5) is 4.39 Å². The summed E-state index contributed by atoms with van der Waals surface area (Å²) in [7, 11) is -2.29. The number of hydrogen-bond donors (Lipinski definition) is 2. The van der Waals surface area contributed by atoms with Crippen molar-refractivity contribution in [2.24, 2.45) is 13.0 Å². The fourth-order valence-electron chi connectivity index (χ4n) is 2.99. The maximum absolute atomic E-state index is 14.0. The Kier molecular flexibility index (Phi) is 4.46. The van der Waals surface area contributed by atoms with Crippen LogP contribution in [-0.4, -0.2) is 29.4 Å². The second-order valence-corrected chi connectivity index (χ2v) is 8.05. The van der Waals surface area contributed by atoms with E-state index in [9.17, 15) is 17.9 Å². The highest BCUT2D eigenvalue weighted by atomic mass is 32.2. The Morgan fingerprint density at radius 1 is 1.42 bits per heavy atom. The lowest BCUT2D eigenvalue weighted by atomic mass is 9.76. The molecule has 1 unspecified atom stereocenters. The molecule has 0 spiro atoms. The zero-order valence-corrected chi connectivity index (χ0v) is 14.3. The maximum Gasteiger partial charge on any atom is 0.244 e. The molecule has 1 fully saturated rings.